The maximum atomic E-state index is 13.8. The highest BCUT2D eigenvalue weighted by Gasteiger charge is 2.29. The summed E-state index contributed by atoms with van der Waals surface area (Å²) in [6, 6.07) is 15.7. The second kappa shape index (κ2) is 9.31. The molecule has 1 aliphatic heterocycles. The van der Waals surface area contributed by atoms with Crippen molar-refractivity contribution in [1.82, 2.24) is 14.5 Å². The Morgan fingerprint density at radius 1 is 1.15 bits per heavy atom. The number of carbonyl (C=O) groups is 1. The number of halogens is 2. The first kappa shape index (κ1) is 22.7. The molecule has 0 fully saturated rings. The lowest BCUT2D eigenvalue weighted by Crippen LogP contribution is -2.32. The van der Waals surface area contributed by atoms with Gasteiger partial charge in [-0.1, -0.05) is 41.9 Å². The van der Waals surface area contributed by atoms with Crippen molar-refractivity contribution >= 4 is 44.3 Å². The minimum atomic E-state index is -0.134. The van der Waals surface area contributed by atoms with Gasteiger partial charge in [-0.3, -0.25) is 4.79 Å². The summed E-state index contributed by atoms with van der Waals surface area (Å²) >= 11 is 10.1. The van der Waals surface area contributed by atoms with E-state index in [1.54, 1.807) is 12.0 Å². The van der Waals surface area contributed by atoms with Crippen molar-refractivity contribution in [2.45, 2.75) is 26.6 Å². The topological polar surface area (TPSA) is 56.6 Å². The van der Waals surface area contributed by atoms with E-state index in [-0.39, 0.29) is 12.5 Å². The number of hydrogen-bond acceptors (Lipinski definition) is 4. The molecule has 0 aliphatic carbocycles. The van der Waals surface area contributed by atoms with Crippen LogP contribution in [0.5, 0.6) is 11.6 Å². The summed E-state index contributed by atoms with van der Waals surface area (Å²) in [6.45, 7) is 3.71. The van der Waals surface area contributed by atoms with Crippen molar-refractivity contribution in [3.8, 4) is 11.6 Å². The number of carbonyl (C=O) groups excluding carboxylic acids is 1. The maximum Gasteiger partial charge on any atom is 0.257 e. The normalized spacial score (nSPS) is 13.3. The van der Waals surface area contributed by atoms with Gasteiger partial charge in [-0.15, -0.1) is 0 Å². The number of methoxy groups -OCH3 is 1. The first-order valence-electron chi connectivity index (χ1n) is 10.9. The van der Waals surface area contributed by atoms with Gasteiger partial charge in [0.2, 0.25) is 5.88 Å². The van der Waals surface area contributed by atoms with Gasteiger partial charge in [0.1, 0.15) is 12.4 Å². The van der Waals surface area contributed by atoms with Crippen LogP contribution in [0.2, 0.25) is 5.02 Å². The van der Waals surface area contributed by atoms with E-state index in [2.05, 4.69) is 25.5 Å². The Kier molecular flexibility index (Phi) is 6.23. The summed E-state index contributed by atoms with van der Waals surface area (Å²) < 4.78 is 14.6. The molecule has 8 heteroatoms. The number of ether oxygens (including phenoxy) is 2. The zero-order valence-electron chi connectivity index (χ0n) is 18.8. The Balaban J connectivity index is 1.51. The summed E-state index contributed by atoms with van der Waals surface area (Å²) in [4.78, 5) is 20.2. The number of rotatable bonds is 6. The lowest BCUT2D eigenvalue weighted by atomic mass is 10.1. The summed E-state index contributed by atoms with van der Waals surface area (Å²) in [6.07, 6.45) is 2.00. The van der Waals surface area contributed by atoms with Gasteiger partial charge in [-0.25, -0.2) is 4.98 Å². The molecular formula is C26H23BrClN3O3. The van der Waals surface area contributed by atoms with Crippen LogP contribution < -0.4 is 9.47 Å². The van der Waals surface area contributed by atoms with Crippen LogP contribution in [-0.2, 0) is 19.7 Å². The minimum Gasteiger partial charge on any atom is -0.496 e. The van der Waals surface area contributed by atoms with E-state index in [1.165, 1.54) is 0 Å². The van der Waals surface area contributed by atoms with Gasteiger partial charge in [-0.05, 0) is 40.5 Å². The fraction of sp³-hybridized carbons (Fsp3) is 0.231. The molecule has 0 saturated heterocycles. The van der Waals surface area contributed by atoms with Gasteiger partial charge in [0.25, 0.3) is 5.91 Å². The van der Waals surface area contributed by atoms with Gasteiger partial charge in [0.05, 0.1) is 35.3 Å². The SMILES string of the molecule is COc1cc(C)nc(OCc2ccccc2)c1CN1CCn2ccc3cc(Br)c(Cl)c(c32)C1=O. The molecule has 0 bridgehead atoms. The number of pyridine rings is 1. The molecule has 0 saturated carbocycles. The summed E-state index contributed by atoms with van der Waals surface area (Å²) in [5.41, 5.74) is 3.89. The van der Waals surface area contributed by atoms with Gasteiger partial charge in [0, 0.05) is 40.9 Å². The second-order valence-electron chi connectivity index (χ2n) is 8.24. The number of aromatic nitrogens is 2. The zero-order chi connectivity index (χ0) is 23.8. The van der Waals surface area contributed by atoms with Crippen molar-refractivity contribution in [3.63, 3.8) is 0 Å². The highest BCUT2D eigenvalue weighted by molar-refractivity contribution is 9.10. The van der Waals surface area contributed by atoms with Crippen LogP contribution in [0.15, 0.2) is 59.2 Å². The third kappa shape index (κ3) is 4.14. The monoisotopic (exact) mass is 539 g/mol. The van der Waals surface area contributed by atoms with Gasteiger partial charge >= 0.3 is 0 Å². The van der Waals surface area contributed by atoms with E-state index in [9.17, 15) is 4.79 Å². The van der Waals surface area contributed by atoms with Crippen LogP contribution in [0.25, 0.3) is 10.9 Å². The molecule has 0 spiro atoms. The first-order valence-corrected chi connectivity index (χ1v) is 12.1. The molecule has 6 nitrogen and oxygen atoms in total. The van der Waals surface area contributed by atoms with Gasteiger partial charge in [-0.2, -0.15) is 0 Å². The Hall–Kier alpha value is -3.03. The lowest BCUT2D eigenvalue weighted by Gasteiger charge is -2.24. The van der Waals surface area contributed by atoms with Crippen molar-refractivity contribution in [1.29, 1.82) is 0 Å². The minimum absolute atomic E-state index is 0.134. The van der Waals surface area contributed by atoms with Crippen LogP contribution in [0.4, 0.5) is 0 Å². The zero-order valence-corrected chi connectivity index (χ0v) is 21.2. The third-order valence-electron chi connectivity index (χ3n) is 6.02. The number of nitrogens with zero attached hydrogens (tertiary/aromatic N) is 3. The smallest absolute Gasteiger partial charge is 0.257 e. The molecule has 1 aliphatic rings. The molecule has 0 N–H and O–H groups in total. The Labute approximate surface area is 211 Å². The fourth-order valence-corrected chi connectivity index (χ4v) is 5.01. The summed E-state index contributed by atoms with van der Waals surface area (Å²) in [7, 11) is 1.61. The van der Waals surface area contributed by atoms with Crippen LogP contribution in [0, 0.1) is 6.92 Å². The van der Waals surface area contributed by atoms with E-state index in [0.717, 1.165) is 27.7 Å². The first-order chi connectivity index (χ1) is 16.5. The molecule has 4 aromatic rings. The summed E-state index contributed by atoms with van der Waals surface area (Å²) in [5, 5.41) is 1.39. The molecule has 0 atom stereocenters. The second-order valence-corrected chi connectivity index (χ2v) is 9.48. The molecule has 174 valence electrons. The van der Waals surface area contributed by atoms with E-state index >= 15 is 0 Å². The highest BCUT2D eigenvalue weighted by atomic mass is 79.9. The molecule has 5 rings (SSSR count). The van der Waals surface area contributed by atoms with E-state index in [0.29, 0.717) is 46.4 Å². The fourth-order valence-electron chi connectivity index (χ4n) is 4.34. The van der Waals surface area contributed by atoms with Crippen molar-refractivity contribution in [2.75, 3.05) is 13.7 Å². The number of benzene rings is 2. The van der Waals surface area contributed by atoms with E-state index < -0.39 is 0 Å². The average Bonchev–Trinajstić information content (AvgIpc) is 3.17. The quantitative estimate of drug-likeness (QED) is 0.301. The molecule has 3 heterocycles. The summed E-state index contributed by atoms with van der Waals surface area (Å²) in [5.74, 6) is 0.964. The highest BCUT2D eigenvalue weighted by Crippen LogP contribution is 2.37. The van der Waals surface area contributed by atoms with Crippen LogP contribution in [-0.4, -0.2) is 34.0 Å². The molecule has 34 heavy (non-hydrogen) atoms. The van der Waals surface area contributed by atoms with E-state index in [1.807, 2.05) is 61.7 Å². The Bertz CT molecular complexity index is 1390. The predicted molar refractivity (Wildman–Crippen MR) is 136 cm³/mol. The van der Waals surface area contributed by atoms with Crippen LogP contribution in [0.3, 0.4) is 0 Å². The number of amides is 1. The number of hydrogen-bond donors (Lipinski definition) is 0. The van der Waals surface area contributed by atoms with Crippen molar-refractivity contribution in [2.24, 2.45) is 0 Å². The van der Waals surface area contributed by atoms with Crippen LogP contribution in [0.1, 0.15) is 27.2 Å². The molecule has 0 radical (unpaired) electrons. The van der Waals surface area contributed by atoms with Gasteiger partial charge in [0.15, 0.2) is 0 Å². The molecule has 2 aromatic heterocycles. The van der Waals surface area contributed by atoms with Crippen LogP contribution >= 0.6 is 27.5 Å². The van der Waals surface area contributed by atoms with Gasteiger partial charge < -0.3 is 18.9 Å². The Morgan fingerprint density at radius 3 is 2.71 bits per heavy atom. The number of aryl methyl sites for hydroxylation is 1. The molecular weight excluding hydrogens is 518 g/mol. The Morgan fingerprint density at radius 2 is 1.94 bits per heavy atom. The standard InChI is InChI=1S/C26H23BrClN3O3/c1-16-12-21(33-2)19(25(29-16)34-15-17-6-4-3-5-7-17)14-31-11-10-30-9-8-18-13-20(27)23(28)22(24(18)30)26(31)32/h3-9,12-13H,10-11,14-15H2,1-2H3. The van der Waals surface area contributed by atoms with Crippen molar-refractivity contribution < 1.29 is 14.3 Å². The third-order valence-corrected chi connectivity index (χ3v) is 7.26. The molecule has 0 unspecified atom stereocenters. The average molecular weight is 541 g/mol. The maximum absolute atomic E-state index is 13.8. The van der Waals surface area contributed by atoms with Crippen molar-refractivity contribution in [3.05, 3.63) is 86.6 Å². The predicted octanol–water partition coefficient (Wildman–Crippen LogP) is 6.00. The molecule has 1 amide bonds. The molecule has 2 aromatic carbocycles. The largest absolute Gasteiger partial charge is 0.496 e. The lowest BCUT2D eigenvalue weighted by molar-refractivity contribution is 0.0743. The van der Waals surface area contributed by atoms with E-state index in [4.69, 9.17) is 21.1 Å².